The summed E-state index contributed by atoms with van der Waals surface area (Å²) in [5, 5.41) is 0. The molecule has 0 spiro atoms. The molecular formula is C74H56O12. The zero-order valence-corrected chi connectivity index (χ0v) is 46.6. The number of rotatable bonds is 24. The lowest BCUT2D eigenvalue weighted by Gasteiger charge is -2.26. The molecule has 0 bridgehead atoms. The van der Waals surface area contributed by atoms with Crippen molar-refractivity contribution in [3.05, 3.63) is 303 Å². The van der Waals surface area contributed by atoms with Crippen molar-refractivity contribution >= 4 is 47.0 Å². The highest BCUT2D eigenvalue weighted by atomic mass is 16.6. The van der Waals surface area contributed by atoms with Crippen molar-refractivity contribution < 1.29 is 57.2 Å². The van der Waals surface area contributed by atoms with Crippen molar-refractivity contribution in [3.63, 3.8) is 0 Å². The fourth-order valence-electron chi connectivity index (χ4n) is 9.54. The Balaban J connectivity index is 1.30. The van der Waals surface area contributed by atoms with Gasteiger partial charge in [-0.25, -0.2) is 28.8 Å². The van der Waals surface area contributed by atoms with Crippen LogP contribution in [-0.4, -0.2) is 35.8 Å². The monoisotopic (exact) mass is 1140 g/mol. The second kappa shape index (κ2) is 28.8. The lowest BCUT2D eigenvalue weighted by molar-refractivity contribution is -0.129. The molecule has 0 amide bonds. The molecule has 1 aliphatic rings. The number of terminal acetylenes is 1. The molecule has 7 aromatic carbocycles. The third-order valence-electron chi connectivity index (χ3n) is 13.7. The number of carbonyl (C=O) groups excluding carboxylic acids is 6. The largest absolute Gasteiger partial charge is 0.423 e. The quantitative estimate of drug-likeness (QED) is 0.0186. The third-order valence-corrected chi connectivity index (χ3v) is 13.7. The first-order valence-corrected chi connectivity index (χ1v) is 26.8. The normalized spacial score (nSPS) is 13.1. The van der Waals surface area contributed by atoms with Gasteiger partial charge >= 0.3 is 35.8 Å². The minimum atomic E-state index is -0.680. The van der Waals surface area contributed by atoms with E-state index in [0.29, 0.717) is 40.5 Å². The van der Waals surface area contributed by atoms with Crippen LogP contribution in [0.5, 0.6) is 34.5 Å². The van der Waals surface area contributed by atoms with E-state index >= 15 is 0 Å². The van der Waals surface area contributed by atoms with Gasteiger partial charge in [0.2, 0.25) is 0 Å². The summed E-state index contributed by atoms with van der Waals surface area (Å²) in [7, 11) is 0. The lowest BCUT2D eigenvalue weighted by atomic mass is 9.78. The predicted octanol–water partition coefficient (Wildman–Crippen LogP) is 14.8. The number of hydrogen-bond donors (Lipinski definition) is 0. The van der Waals surface area contributed by atoms with Crippen LogP contribution in [-0.2, 0) is 28.8 Å². The summed E-state index contributed by atoms with van der Waals surface area (Å²) >= 11 is 0. The molecule has 1 aliphatic carbocycles. The zero-order chi connectivity index (χ0) is 61.1. The van der Waals surface area contributed by atoms with Crippen molar-refractivity contribution in [2.45, 2.75) is 18.3 Å². The Labute approximate surface area is 498 Å². The molecule has 7 aromatic rings. The van der Waals surface area contributed by atoms with Crippen LogP contribution >= 0.6 is 0 Å². The highest BCUT2D eigenvalue weighted by Gasteiger charge is 2.30. The molecule has 0 N–H and O–H groups in total. The fraction of sp³-hybridized carbons (Fsp3) is 0.0541. The summed E-state index contributed by atoms with van der Waals surface area (Å²) in [6, 6.07) is 47.0. The minimum absolute atomic E-state index is 0.266. The van der Waals surface area contributed by atoms with Crippen molar-refractivity contribution in [1.82, 2.24) is 0 Å². The molecule has 0 heterocycles. The summed E-state index contributed by atoms with van der Waals surface area (Å²) < 4.78 is 33.5. The van der Waals surface area contributed by atoms with Crippen LogP contribution in [0.15, 0.2) is 270 Å². The molecule has 12 nitrogen and oxygen atoms in total. The third kappa shape index (κ3) is 15.4. The fourth-order valence-corrected chi connectivity index (χ4v) is 9.54. The summed E-state index contributed by atoms with van der Waals surface area (Å²) in [4.78, 5) is 74.6. The van der Waals surface area contributed by atoms with Gasteiger partial charge in [-0.05, 0) is 147 Å². The van der Waals surface area contributed by atoms with E-state index in [1.165, 1.54) is 0 Å². The molecule has 0 radical (unpaired) electrons. The van der Waals surface area contributed by atoms with Crippen LogP contribution in [0.3, 0.4) is 0 Å². The minimum Gasteiger partial charge on any atom is -0.423 e. The van der Waals surface area contributed by atoms with E-state index in [-0.39, 0.29) is 17.4 Å². The number of benzene rings is 7. The van der Waals surface area contributed by atoms with Crippen molar-refractivity contribution in [2.75, 3.05) is 0 Å². The van der Waals surface area contributed by atoms with Gasteiger partial charge in [0.1, 0.15) is 34.5 Å². The average molecular weight is 1140 g/mol. The molecule has 3 unspecified atom stereocenters. The van der Waals surface area contributed by atoms with E-state index in [2.05, 4.69) is 57.5 Å². The summed E-state index contributed by atoms with van der Waals surface area (Å²) in [5.74, 6) is -0.730. The number of carbonyl (C=O) groups is 6. The molecule has 86 heavy (non-hydrogen) atoms. The van der Waals surface area contributed by atoms with Gasteiger partial charge in [0.15, 0.2) is 0 Å². The van der Waals surface area contributed by atoms with E-state index in [1.54, 1.807) is 84.9 Å². The smallest absolute Gasteiger partial charge is 0.335 e. The summed E-state index contributed by atoms with van der Waals surface area (Å²) in [5.41, 5.74) is 9.16. The van der Waals surface area contributed by atoms with E-state index < -0.39 is 47.7 Å². The standard InChI is InChI=1S/C74H56O12/c1-8-15-16-48(49-23-34-59(35-24-49)81-68(75)9-2)31-42-63(64-46-56(32-43-66(64)85-72(79)13-6)51-27-38-61(39-28-51)83-70(77)11-4)53-17-19-54(20-18-53)74(58-22-21-55(45-58)50-25-36-60(37-26-50)82-69(76)10-3)65-47-57(33-44-67(65)86-73(80)14-7)52-29-40-62(41-30-52)84-71(78)12-5/h1,9-41,43-47,58,63,74H,2-7,42H2/b16-15-,48-31+. The first-order chi connectivity index (χ1) is 41.7. The summed E-state index contributed by atoms with van der Waals surface area (Å²) in [6.45, 7) is 21.3. The Morgan fingerprint density at radius 3 is 1.28 bits per heavy atom. The molecule has 0 saturated heterocycles. The van der Waals surface area contributed by atoms with Crippen LogP contribution in [0.4, 0.5) is 0 Å². The molecule has 3 atom stereocenters. The van der Waals surface area contributed by atoms with Gasteiger partial charge < -0.3 is 28.4 Å². The van der Waals surface area contributed by atoms with E-state index in [9.17, 15) is 28.8 Å². The molecular weight excluding hydrogens is 1080 g/mol. The van der Waals surface area contributed by atoms with Gasteiger partial charge in [-0.1, -0.05) is 155 Å². The van der Waals surface area contributed by atoms with E-state index in [1.807, 2.05) is 97.1 Å². The Hall–Kier alpha value is -11.7. The second-order valence-electron chi connectivity index (χ2n) is 19.0. The number of hydrogen-bond acceptors (Lipinski definition) is 12. The van der Waals surface area contributed by atoms with Gasteiger partial charge in [-0.2, -0.15) is 0 Å². The second-order valence-corrected chi connectivity index (χ2v) is 19.0. The topological polar surface area (TPSA) is 158 Å². The highest BCUT2D eigenvalue weighted by Crippen LogP contribution is 2.46. The van der Waals surface area contributed by atoms with Crippen LogP contribution in [0.25, 0.3) is 33.4 Å². The molecule has 0 aliphatic heterocycles. The van der Waals surface area contributed by atoms with Gasteiger partial charge in [0.25, 0.3) is 0 Å². The van der Waals surface area contributed by atoms with Crippen LogP contribution < -0.4 is 28.4 Å². The number of esters is 6. The average Bonchev–Trinajstić information content (AvgIpc) is 2.39. The van der Waals surface area contributed by atoms with Gasteiger partial charge in [0, 0.05) is 65.3 Å². The van der Waals surface area contributed by atoms with Crippen LogP contribution in [0.1, 0.15) is 51.6 Å². The molecule has 0 aromatic heterocycles. The Bertz CT molecular complexity index is 3960. The summed E-state index contributed by atoms with van der Waals surface area (Å²) in [6.07, 6.45) is 24.2. The van der Waals surface area contributed by atoms with Crippen molar-refractivity contribution in [1.29, 1.82) is 0 Å². The van der Waals surface area contributed by atoms with Crippen LogP contribution in [0, 0.1) is 18.3 Å². The Morgan fingerprint density at radius 2 is 0.837 bits per heavy atom. The Kier molecular flexibility index (Phi) is 20.3. The highest BCUT2D eigenvalue weighted by molar-refractivity contribution is 5.87. The maximum Gasteiger partial charge on any atom is 0.335 e. The lowest BCUT2D eigenvalue weighted by Crippen LogP contribution is -2.14. The first kappa shape index (κ1) is 60.4. The van der Waals surface area contributed by atoms with Gasteiger partial charge in [0.05, 0.1) is 0 Å². The van der Waals surface area contributed by atoms with Crippen LogP contribution in [0.2, 0.25) is 0 Å². The maximum atomic E-state index is 13.2. The SMILES string of the molecule is C#C/C=C\C(=C/CC(c1ccc(C(c2cc(-c3ccc(OC(=O)C=C)cc3)ccc2OC(=O)C=C)C2C=CC(c3ccc(OC(=O)C=C)cc3)=C2)cc1)c1cc(-c2ccc(OC(=O)C=C)cc2)ccc1OC(=O)C=C)c1ccc(OC(=O)C=C)cc1. The molecule has 8 rings (SSSR count). The molecule has 424 valence electrons. The number of allylic oxidation sites excluding steroid dienone is 8. The van der Waals surface area contributed by atoms with E-state index in [4.69, 9.17) is 34.8 Å². The zero-order valence-electron chi connectivity index (χ0n) is 46.6. The van der Waals surface area contributed by atoms with Crippen molar-refractivity contribution in [2.24, 2.45) is 5.92 Å². The predicted molar refractivity (Wildman–Crippen MR) is 333 cm³/mol. The maximum absolute atomic E-state index is 13.2. The van der Waals surface area contributed by atoms with Gasteiger partial charge in [-0.3, -0.25) is 0 Å². The van der Waals surface area contributed by atoms with E-state index in [0.717, 1.165) is 92.1 Å². The Morgan fingerprint density at radius 1 is 0.453 bits per heavy atom. The molecule has 0 saturated carbocycles. The molecule has 12 heteroatoms. The first-order valence-electron chi connectivity index (χ1n) is 26.8. The van der Waals surface area contributed by atoms with Crippen molar-refractivity contribution in [3.8, 4) is 69.1 Å². The van der Waals surface area contributed by atoms with Gasteiger partial charge in [-0.15, -0.1) is 6.42 Å². The number of ether oxygens (including phenoxy) is 6. The molecule has 0 fully saturated rings.